The molecule has 0 aliphatic carbocycles. The van der Waals surface area contributed by atoms with Crippen LogP contribution in [0.3, 0.4) is 0 Å². The number of aromatic nitrogens is 2. The highest BCUT2D eigenvalue weighted by Gasteiger charge is 2.15. The van der Waals surface area contributed by atoms with Gasteiger partial charge in [0.25, 0.3) is 0 Å². The Kier molecular flexibility index (Phi) is 7.14. The number of hydrogen-bond acceptors (Lipinski definition) is 8. The third kappa shape index (κ3) is 5.54. The lowest BCUT2D eigenvalue weighted by atomic mass is 10.1. The van der Waals surface area contributed by atoms with Crippen LogP contribution in [0, 0.1) is 0 Å². The van der Waals surface area contributed by atoms with Gasteiger partial charge in [0, 0.05) is 29.7 Å². The van der Waals surface area contributed by atoms with Crippen LogP contribution >= 0.6 is 15.9 Å². The second-order valence-electron chi connectivity index (χ2n) is 6.39. The summed E-state index contributed by atoms with van der Waals surface area (Å²) in [5.41, 5.74) is 7.52. The van der Waals surface area contributed by atoms with Gasteiger partial charge in [-0.3, -0.25) is 4.79 Å². The molecule has 2 aromatic carbocycles. The fraction of sp³-hybridized carbons (Fsp3) is 0.190. The molecule has 3 aromatic rings. The van der Waals surface area contributed by atoms with E-state index >= 15 is 0 Å². The molecule has 0 bridgehead atoms. The fourth-order valence-corrected chi connectivity index (χ4v) is 3.13. The normalized spacial score (nSPS) is 10.3. The highest BCUT2D eigenvalue weighted by molar-refractivity contribution is 9.10. The summed E-state index contributed by atoms with van der Waals surface area (Å²) in [5.74, 6) is 2.09. The Hall–Kier alpha value is -3.53. The molecule has 0 unspecified atom stereocenters. The first kappa shape index (κ1) is 22.2. The van der Waals surface area contributed by atoms with Gasteiger partial charge >= 0.3 is 0 Å². The van der Waals surface area contributed by atoms with Crippen LogP contribution in [0.4, 0.5) is 23.1 Å². The number of carbonyl (C=O) groups is 1. The molecular weight excluding hydrogens is 466 g/mol. The van der Waals surface area contributed by atoms with E-state index in [1.807, 2.05) is 24.3 Å². The summed E-state index contributed by atoms with van der Waals surface area (Å²) >= 11 is 3.46. The first-order valence-corrected chi connectivity index (χ1v) is 9.96. The predicted octanol–water partition coefficient (Wildman–Crippen LogP) is 3.78. The van der Waals surface area contributed by atoms with Gasteiger partial charge in [-0.1, -0.05) is 12.1 Å². The molecule has 162 valence electrons. The number of halogens is 1. The Balaban J connectivity index is 1.82. The van der Waals surface area contributed by atoms with E-state index < -0.39 is 0 Å². The Morgan fingerprint density at radius 1 is 1.00 bits per heavy atom. The molecule has 1 heterocycles. The number of nitrogens with zero attached hydrogens (tertiary/aromatic N) is 2. The van der Waals surface area contributed by atoms with Gasteiger partial charge in [0.05, 0.1) is 32.2 Å². The van der Waals surface area contributed by atoms with Crippen molar-refractivity contribution in [1.29, 1.82) is 0 Å². The lowest BCUT2D eigenvalue weighted by Crippen LogP contribution is -2.13. The summed E-state index contributed by atoms with van der Waals surface area (Å²) in [6.07, 6.45) is 1.83. The molecule has 10 heteroatoms. The minimum atomic E-state index is -0.375. The highest BCUT2D eigenvalue weighted by atomic mass is 79.9. The molecule has 0 aliphatic rings. The van der Waals surface area contributed by atoms with Gasteiger partial charge in [0.1, 0.15) is 5.82 Å². The van der Waals surface area contributed by atoms with Gasteiger partial charge in [-0.05, 0) is 33.6 Å². The molecule has 0 aliphatic heterocycles. The summed E-state index contributed by atoms with van der Waals surface area (Å²) in [6.45, 7) is 0. The van der Waals surface area contributed by atoms with Crippen molar-refractivity contribution in [1.82, 2.24) is 9.97 Å². The average molecular weight is 488 g/mol. The zero-order valence-electron chi connectivity index (χ0n) is 17.2. The topological polar surface area (TPSA) is 121 Å². The van der Waals surface area contributed by atoms with Crippen LogP contribution in [-0.2, 0) is 11.2 Å². The van der Waals surface area contributed by atoms with Crippen LogP contribution in [0.2, 0.25) is 0 Å². The van der Waals surface area contributed by atoms with E-state index in [0.717, 1.165) is 11.3 Å². The maximum atomic E-state index is 11.0. The van der Waals surface area contributed by atoms with E-state index in [4.69, 9.17) is 19.9 Å². The number of ether oxygens (including phenoxy) is 3. The molecule has 31 heavy (non-hydrogen) atoms. The summed E-state index contributed by atoms with van der Waals surface area (Å²) in [5, 5.41) is 6.36. The Bertz CT molecular complexity index is 1050. The van der Waals surface area contributed by atoms with Gasteiger partial charge in [-0.25, -0.2) is 4.98 Å². The number of amides is 1. The van der Waals surface area contributed by atoms with E-state index in [-0.39, 0.29) is 12.3 Å². The third-order valence-corrected chi connectivity index (χ3v) is 4.84. The number of anilines is 4. The molecule has 0 saturated carbocycles. The Morgan fingerprint density at radius 2 is 1.65 bits per heavy atom. The molecule has 0 saturated heterocycles. The summed E-state index contributed by atoms with van der Waals surface area (Å²) < 4.78 is 16.8. The Morgan fingerprint density at radius 3 is 2.19 bits per heavy atom. The molecule has 4 N–H and O–H groups in total. The number of methoxy groups -OCH3 is 3. The molecule has 1 aromatic heterocycles. The standard InChI is InChI=1S/C21H22BrN5O4/c1-29-16-9-14(10-17(30-2)19(16)31-3)25-20-15(22)11-24-21(27-20)26-13-6-4-12(5-7-13)8-18(23)28/h4-7,9-11H,8H2,1-3H3,(H2,23,28)(H2,24,25,26,27). The van der Waals surface area contributed by atoms with Crippen molar-refractivity contribution in [2.45, 2.75) is 6.42 Å². The van der Waals surface area contributed by atoms with Crippen molar-refractivity contribution < 1.29 is 19.0 Å². The van der Waals surface area contributed by atoms with Gasteiger partial charge in [0.15, 0.2) is 11.5 Å². The zero-order valence-corrected chi connectivity index (χ0v) is 18.8. The molecule has 0 radical (unpaired) electrons. The van der Waals surface area contributed by atoms with Crippen molar-refractivity contribution in [2.24, 2.45) is 5.73 Å². The molecule has 9 nitrogen and oxygen atoms in total. The van der Waals surface area contributed by atoms with E-state index in [1.54, 1.807) is 39.7 Å². The van der Waals surface area contributed by atoms with Crippen LogP contribution in [-0.4, -0.2) is 37.2 Å². The van der Waals surface area contributed by atoms with Crippen LogP contribution in [0.5, 0.6) is 17.2 Å². The largest absolute Gasteiger partial charge is 0.493 e. The molecule has 0 atom stereocenters. The second kappa shape index (κ2) is 9.98. The summed E-state index contributed by atoms with van der Waals surface area (Å²) in [4.78, 5) is 19.8. The number of primary amides is 1. The maximum absolute atomic E-state index is 11.0. The number of hydrogen-bond donors (Lipinski definition) is 3. The number of rotatable bonds is 9. The summed E-state index contributed by atoms with van der Waals surface area (Å²) in [6, 6.07) is 10.9. The van der Waals surface area contributed by atoms with Crippen LogP contribution in [0.25, 0.3) is 0 Å². The first-order chi connectivity index (χ1) is 14.9. The van der Waals surface area contributed by atoms with Gasteiger partial charge in [0.2, 0.25) is 17.6 Å². The minimum Gasteiger partial charge on any atom is -0.493 e. The lowest BCUT2D eigenvalue weighted by Gasteiger charge is -2.15. The molecular formula is C21H22BrN5O4. The van der Waals surface area contributed by atoms with E-state index in [2.05, 4.69) is 36.5 Å². The van der Waals surface area contributed by atoms with Gasteiger partial charge < -0.3 is 30.6 Å². The van der Waals surface area contributed by atoms with Crippen LogP contribution < -0.4 is 30.6 Å². The SMILES string of the molecule is COc1cc(Nc2nc(Nc3ccc(CC(N)=O)cc3)ncc2Br)cc(OC)c1OC. The average Bonchev–Trinajstić information content (AvgIpc) is 2.76. The maximum Gasteiger partial charge on any atom is 0.229 e. The van der Waals surface area contributed by atoms with Gasteiger partial charge in [-0.15, -0.1) is 0 Å². The van der Waals surface area contributed by atoms with E-state index in [0.29, 0.717) is 39.2 Å². The highest BCUT2D eigenvalue weighted by Crippen LogP contribution is 2.41. The number of nitrogens with one attached hydrogen (secondary N) is 2. The molecule has 1 amide bonds. The minimum absolute atomic E-state index is 0.192. The monoisotopic (exact) mass is 487 g/mol. The molecule has 0 fully saturated rings. The number of benzene rings is 2. The Labute approximate surface area is 188 Å². The van der Waals surface area contributed by atoms with E-state index in [1.165, 1.54) is 0 Å². The number of nitrogens with two attached hydrogens (primary N) is 1. The summed E-state index contributed by atoms with van der Waals surface area (Å²) in [7, 11) is 4.66. The van der Waals surface area contributed by atoms with Crippen LogP contribution in [0.1, 0.15) is 5.56 Å². The smallest absolute Gasteiger partial charge is 0.229 e. The predicted molar refractivity (Wildman–Crippen MR) is 122 cm³/mol. The molecule has 3 rings (SSSR count). The van der Waals surface area contributed by atoms with Crippen LogP contribution in [0.15, 0.2) is 47.1 Å². The van der Waals surface area contributed by atoms with Gasteiger partial charge in [-0.2, -0.15) is 4.98 Å². The number of carbonyl (C=O) groups excluding carboxylic acids is 1. The quantitative estimate of drug-likeness (QED) is 0.416. The van der Waals surface area contributed by atoms with Crippen molar-refractivity contribution in [3.63, 3.8) is 0 Å². The van der Waals surface area contributed by atoms with Crippen molar-refractivity contribution >= 4 is 45.0 Å². The fourth-order valence-electron chi connectivity index (χ4n) is 2.84. The van der Waals surface area contributed by atoms with E-state index in [9.17, 15) is 4.79 Å². The first-order valence-electron chi connectivity index (χ1n) is 9.17. The lowest BCUT2D eigenvalue weighted by molar-refractivity contribution is -0.117. The van der Waals surface area contributed by atoms with Crippen molar-refractivity contribution in [3.8, 4) is 17.2 Å². The second-order valence-corrected chi connectivity index (χ2v) is 7.25. The molecule has 0 spiro atoms. The third-order valence-electron chi connectivity index (χ3n) is 4.26. The van der Waals surface area contributed by atoms with Crippen molar-refractivity contribution in [3.05, 3.63) is 52.6 Å². The zero-order chi connectivity index (χ0) is 22.4. The van der Waals surface area contributed by atoms with Crippen molar-refractivity contribution in [2.75, 3.05) is 32.0 Å².